The molecule has 1 aromatic heterocycles. The molecule has 6 aromatic carbocycles. The number of fused-ring (bicyclic) bond motifs is 5. The first-order valence-corrected chi connectivity index (χ1v) is 20.2. The van der Waals surface area contributed by atoms with Gasteiger partial charge in [-0.05, 0) is 107 Å². The summed E-state index contributed by atoms with van der Waals surface area (Å²) in [6, 6.07) is 47.2. The van der Waals surface area contributed by atoms with Gasteiger partial charge in [0.05, 0.1) is 32.2 Å². The molecule has 0 unspecified atom stereocenters. The van der Waals surface area contributed by atoms with E-state index >= 15 is 0 Å². The Morgan fingerprint density at radius 1 is 0.434 bits per heavy atom. The van der Waals surface area contributed by atoms with Crippen molar-refractivity contribution < 1.29 is 0 Å². The first kappa shape index (κ1) is 34.2. The first-order valence-electron chi connectivity index (χ1n) is 18.6. The third-order valence-corrected chi connectivity index (χ3v) is 15.2. The number of para-hydroxylation sites is 1. The molecule has 0 atom stereocenters. The van der Waals surface area contributed by atoms with Gasteiger partial charge in [-0.3, -0.25) is 9.98 Å². The van der Waals surface area contributed by atoms with Crippen LogP contribution in [0.3, 0.4) is 0 Å². The van der Waals surface area contributed by atoms with Crippen LogP contribution >= 0.6 is 23.5 Å². The number of thioether (sulfide) groups is 2. The smallest absolute Gasteiger partial charge is 0.0990 e. The van der Waals surface area contributed by atoms with E-state index in [4.69, 9.17) is 9.98 Å². The van der Waals surface area contributed by atoms with Gasteiger partial charge in [0.1, 0.15) is 0 Å². The van der Waals surface area contributed by atoms with E-state index in [-0.39, 0.29) is 20.6 Å². The van der Waals surface area contributed by atoms with E-state index in [1.165, 1.54) is 66.0 Å². The summed E-state index contributed by atoms with van der Waals surface area (Å²) in [7, 11) is 0. The molecule has 3 heterocycles. The maximum absolute atomic E-state index is 5.10. The third-order valence-electron chi connectivity index (χ3n) is 12.1. The summed E-state index contributed by atoms with van der Waals surface area (Å²) in [4.78, 5) is 10.2. The van der Waals surface area contributed by atoms with Gasteiger partial charge in [0.25, 0.3) is 0 Å². The van der Waals surface area contributed by atoms with Crippen LogP contribution in [0.1, 0.15) is 66.5 Å². The van der Waals surface area contributed by atoms with Crippen LogP contribution in [0.2, 0.25) is 0 Å². The van der Waals surface area contributed by atoms with Crippen LogP contribution < -0.4 is 0 Å². The van der Waals surface area contributed by atoms with Crippen molar-refractivity contribution in [1.29, 1.82) is 0 Å². The molecule has 0 fully saturated rings. The van der Waals surface area contributed by atoms with Crippen LogP contribution in [0, 0.1) is 0 Å². The van der Waals surface area contributed by atoms with E-state index in [9.17, 15) is 0 Å². The lowest BCUT2D eigenvalue weighted by Gasteiger charge is -2.30. The quantitative estimate of drug-likeness (QED) is 0.177. The Hall–Kier alpha value is -4.58. The Kier molecular flexibility index (Phi) is 7.72. The fourth-order valence-electron chi connectivity index (χ4n) is 7.45. The highest BCUT2D eigenvalue weighted by atomic mass is 32.2. The number of hydrogen-bond donors (Lipinski definition) is 0. The number of aromatic nitrogens is 1. The number of aliphatic imine (C=N–C) groups is 2. The minimum Gasteiger partial charge on any atom is -0.309 e. The SMILES string of the molecule is CC1(C)N=C(c2ccc(-c3ccc4c(ccc5c6ccc(-c7ccc(C8=NC(C)(C)C(C)(C)S8)cc7)cc6n(-c6ccccc6)c45)c3)cc2)SC1(C)C. The molecular weight excluding hydrogens is 683 g/mol. The van der Waals surface area contributed by atoms with Gasteiger partial charge < -0.3 is 4.57 Å². The lowest BCUT2D eigenvalue weighted by Crippen LogP contribution is -2.36. The zero-order chi connectivity index (χ0) is 36.9. The molecule has 9 rings (SSSR count). The lowest BCUT2D eigenvalue weighted by atomic mass is 9.91. The van der Waals surface area contributed by atoms with Crippen molar-refractivity contribution in [2.45, 2.75) is 76.0 Å². The van der Waals surface area contributed by atoms with Crippen LogP contribution in [0.15, 0.2) is 137 Å². The Morgan fingerprint density at radius 2 is 0.887 bits per heavy atom. The Balaban J connectivity index is 1.11. The number of hydrogen-bond acceptors (Lipinski definition) is 4. The van der Waals surface area contributed by atoms with Crippen LogP contribution in [0.5, 0.6) is 0 Å². The first-order chi connectivity index (χ1) is 25.2. The van der Waals surface area contributed by atoms with E-state index in [0.29, 0.717) is 0 Å². The third kappa shape index (κ3) is 5.58. The lowest BCUT2D eigenvalue weighted by molar-refractivity contribution is 0.426. The molecule has 0 spiro atoms. The standard InChI is InChI=1S/C48H45N3S2/c1-45(2)47(5,6)52-43(49-45)32-18-14-30(15-19-32)34-22-25-38-36(28-34)24-27-40-39-26-23-35(29-41(39)51(42(38)40)37-12-10-9-11-13-37)31-16-20-33(21-17-31)44-50-46(3,4)48(7,8)53-44/h9-29H,1-8H3. The summed E-state index contributed by atoms with van der Waals surface area (Å²) >= 11 is 3.76. The molecule has 7 aromatic rings. The van der Waals surface area contributed by atoms with E-state index in [2.05, 4.69) is 187 Å². The van der Waals surface area contributed by atoms with E-state index in [1.807, 2.05) is 23.5 Å². The van der Waals surface area contributed by atoms with Gasteiger partial charge in [-0.15, -0.1) is 0 Å². The average molecular weight is 728 g/mol. The van der Waals surface area contributed by atoms with Gasteiger partial charge in [0.2, 0.25) is 0 Å². The summed E-state index contributed by atoms with van der Waals surface area (Å²) in [5, 5.41) is 7.25. The zero-order valence-electron chi connectivity index (χ0n) is 31.8. The van der Waals surface area contributed by atoms with Crippen molar-refractivity contribution in [2.24, 2.45) is 9.98 Å². The summed E-state index contributed by atoms with van der Waals surface area (Å²) in [6.45, 7) is 18.1. The van der Waals surface area contributed by atoms with Crippen LogP contribution in [-0.4, -0.2) is 35.2 Å². The Labute approximate surface area is 321 Å². The fourth-order valence-corrected chi connectivity index (χ4v) is 10.1. The molecule has 0 bridgehead atoms. The number of benzene rings is 6. The molecule has 0 aliphatic carbocycles. The molecule has 264 valence electrons. The van der Waals surface area contributed by atoms with Crippen LogP contribution in [-0.2, 0) is 0 Å². The average Bonchev–Trinajstić information content (AvgIpc) is 3.68. The van der Waals surface area contributed by atoms with Crippen molar-refractivity contribution in [3.63, 3.8) is 0 Å². The molecule has 2 aliphatic heterocycles. The van der Waals surface area contributed by atoms with Gasteiger partial charge >= 0.3 is 0 Å². The normalized spacial score (nSPS) is 18.5. The molecule has 3 nitrogen and oxygen atoms in total. The second-order valence-corrected chi connectivity index (χ2v) is 19.9. The summed E-state index contributed by atoms with van der Waals surface area (Å²) in [6.07, 6.45) is 0. The highest BCUT2D eigenvalue weighted by Crippen LogP contribution is 2.48. The predicted octanol–water partition coefficient (Wildman–Crippen LogP) is 13.4. The van der Waals surface area contributed by atoms with Crippen molar-refractivity contribution in [1.82, 2.24) is 4.57 Å². The second-order valence-electron chi connectivity index (χ2n) is 16.6. The molecule has 0 amide bonds. The Bertz CT molecular complexity index is 2640. The number of rotatable bonds is 5. The van der Waals surface area contributed by atoms with Gasteiger partial charge in [0.15, 0.2) is 0 Å². The van der Waals surface area contributed by atoms with E-state index in [1.54, 1.807) is 0 Å². The molecule has 0 radical (unpaired) electrons. The maximum Gasteiger partial charge on any atom is 0.0990 e. The van der Waals surface area contributed by atoms with E-state index in [0.717, 1.165) is 15.8 Å². The van der Waals surface area contributed by atoms with Gasteiger partial charge in [-0.25, -0.2) is 0 Å². The largest absolute Gasteiger partial charge is 0.309 e. The summed E-state index contributed by atoms with van der Waals surface area (Å²) in [5.41, 5.74) is 10.6. The molecule has 53 heavy (non-hydrogen) atoms. The maximum atomic E-state index is 5.10. The summed E-state index contributed by atoms with van der Waals surface area (Å²) in [5.74, 6) is 0. The van der Waals surface area contributed by atoms with Gasteiger partial charge in [-0.2, -0.15) is 0 Å². The number of nitrogens with zero attached hydrogens (tertiary/aromatic N) is 3. The molecule has 0 saturated carbocycles. The zero-order valence-corrected chi connectivity index (χ0v) is 33.4. The fraction of sp³-hybridized carbons (Fsp3) is 0.250. The monoisotopic (exact) mass is 727 g/mol. The van der Waals surface area contributed by atoms with E-state index < -0.39 is 0 Å². The van der Waals surface area contributed by atoms with Crippen molar-refractivity contribution >= 4 is 66.2 Å². The molecule has 5 heteroatoms. The molecular formula is C48H45N3S2. The topological polar surface area (TPSA) is 29.6 Å². The van der Waals surface area contributed by atoms with Gasteiger partial charge in [0, 0.05) is 42.5 Å². The van der Waals surface area contributed by atoms with Crippen molar-refractivity contribution in [2.75, 3.05) is 0 Å². The van der Waals surface area contributed by atoms with Crippen LogP contribution in [0.4, 0.5) is 0 Å². The molecule has 2 aliphatic rings. The van der Waals surface area contributed by atoms with Crippen LogP contribution in [0.25, 0.3) is 60.5 Å². The highest BCUT2D eigenvalue weighted by Gasteiger charge is 2.45. The minimum absolute atomic E-state index is 0.0634. The second kappa shape index (κ2) is 12.0. The van der Waals surface area contributed by atoms with Crippen molar-refractivity contribution in [3.8, 4) is 27.9 Å². The molecule has 0 saturated heterocycles. The van der Waals surface area contributed by atoms with Gasteiger partial charge in [-0.1, -0.05) is 127 Å². The molecule has 0 N–H and O–H groups in total. The van der Waals surface area contributed by atoms with Crippen molar-refractivity contribution in [3.05, 3.63) is 139 Å². The predicted molar refractivity (Wildman–Crippen MR) is 234 cm³/mol. The minimum atomic E-state index is -0.0986. The summed E-state index contributed by atoms with van der Waals surface area (Å²) < 4.78 is 2.59. The highest BCUT2D eigenvalue weighted by molar-refractivity contribution is 8.16. The Morgan fingerprint density at radius 3 is 1.40 bits per heavy atom.